The number of hydrogen-bond donors (Lipinski definition) is 2. The average molecular weight is 557 g/mol. The first-order chi connectivity index (χ1) is 18.4. The van der Waals surface area contributed by atoms with Crippen LogP contribution in [-0.2, 0) is 24.0 Å². The van der Waals surface area contributed by atoms with E-state index in [1.165, 1.54) is 6.92 Å². The van der Waals surface area contributed by atoms with Gasteiger partial charge in [-0.25, -0.2) is 20.3 Å². The van der Waals surface area contributed by atoms with E-state index in [9.17, 15) is 27.6 Å². The lowest BCUT2D eigenvalue weighted by molar-refractivity contribution is -0.213. The fourth-order valence-corrected chi connectivity index (χ4v) is 3.88. The highest BCUT2D eigenvalue weighted by molar-refractivity contribution is 5.90. The molecule has 9 nitrogen and oxygen atoms in total. The number of nitrogens with two attached hydrogens (primary N) is 1. The Morgan fingerprint density at radius 3 is 2.44 bits per heavy atom. The van der Waals surface area contributed by atoms with Crippen LogP contribution in [0.5, 0.6) is 0 Å². The number of rotatable bonds is 12. The van der Waals surface area contributed by atoms with Gasteiger partial charge in [0.1, 0.15) is 12.6 Å². The molecule has 1 heterocycles. The molecular weight excluding hydrogens is 517 g/mol. The fraction of sp³-hybridized carbons (Fsp3) is 0.593. The van der Waals surface area contributed by atoms with Crippen LogP contribution >= 0.6 is 0 Å². The predicted molar refractivity (Wildman–Crippen MR) is 139 cm³/mol. The van der Waals surface area contributed by atoms with Gasteiger partial charge in [-0.15, -0.1) is 0 Å². The van der Waals surface area contributed by atoms with Crippen molar-refractivity contribution in [3.8, 4) is 0 Å². The summed E-state index contributed by atoms with van der Waals surface area (Å²) in [6.45, 7) is 3.56. The second-order valence-electron chi connectivity index (χ2n) is 9.92. The Hall–Kier alpha value is -2.96. The van der Waals surface area contributed by atoms with Crippen molar-refractivity contribution in [1.82, 2.24) is 15.5 Å². The molecule has 1 saturated heterocycles. The number of hydrazine groups is 1. The number of nitrogens with zero attached hydrogens (tertiary/aromatic N) is 2. The second kappa shape index (κ2) is 15.6. The molecule has 0 radical (unpaired) electrons. The number of carbonyl (C=O) groups excluding carboxylic acids is 3. The molecular formula is C27H39F3N4O5. The van der Waals surface area contributed by atoms with Crippen LogP contribution in [0.1, 0.15) is 64.9 Å². The molecule has 12 heteroatoms. The minimum Gasteiger partial charge on any atom is -0.350 e. The van der Waals surface area contributed by atoms with Crippen molar-refractivity contribution in [1.29, 1.82) is 0 Å². The number of alkyl halides is 3. The van der Waals surface area contributed by atoms with Crippen molar-refractivity contribution in [3.63, 3.8) is 0 Å². The van der Waals surface area contributed by atoms with Gasteiger partial charge in [-0.2, -0.15) is 13.2 Å². The average Bonchev–Trinajstić information content (AvgIpc) is 2.89. The molecule has 0 aromatic heterocycles. The minimum atomic E-state index is -4.87. The largest absolute Gasteiger partial charge is 0.408 e. The Bertz CT molecular complexity index is 950. The molecule has 0 saturated carbocycles. The van der Waals surface area contributed by atoms with Gasteiger partial charge in [0.25, 0.3) is 11.8 Å². The molecule has 218 valence electrons. The Morgan fingerprint density at radius 2 is 1.87 bits per heavy atom. The van der Waals surface area contributed by atoms with Crippen LogP contribution in [0.2, 0.25) is 0 Å². The standard InChI is InChI=1S/C27H39F3N4O5/c1-19(2)15-16-23(35)34(33(18-27(28,29)30)26(37)20(3)31)22(13-9-12-21-10-5-4-6-11-21)25(36)32-39-24-14-7-8-17-38-24/h4-6,9-12,19-20,22,24H,7-8,13-18,31H2,1-3H3,(H,32,36)/t20-,22+,24?/m1/s1. The van der Waals surface area contributed by atoms with E-state index in [1.807, 2.05) is 19.9 Å². The highest BCUT2D eigenvalue weighted by atomic mass is 19.4. The molecule has 2 rings (SSSR count). The van der Waals surface area contributed by atoms with E-state index in [2.05, 4.69) is 5.48 Å². The maximum atomic E-state index is 13.7. The Labute approximate surface area is 227 Å². The van der Waals surface area contributed by atoms with E-state index in [4.69, 9.17) is 15.3 Å². The molecule has 39 heavy (non-hydrogen) atoms. The first-order valence-electron chi connectivity index (χ1n) is 13.1. The molecule has 1 unspecified atom stereocenters. The number of halogens is 3. The van der Waals surface area contributed by atoms with E-state index in [0.29, 0.717) is 24.5 Å². The zero-order chi connectivity index (χ0) is 29.0. The van der Waals surface area contributed by atoms with E-state index in [-0.39, 0.29) is 23.8 Å². The third-order valence-corrected chi connectivity index (χ3v) is 5.92. The lowest BCUT2D eigenvalue weighted by Gasteiger charge is -2.40. The first kappa shape index (κ1) is 32.3. The molecule has 1 aliphatic heterocycles. The van der Waals surface area contributed by atoms with E-state index in [0.717, 1.165) is 18.4 Å². The van der Waals surface area contributed by atoms with E-state index in [1.54, 1.807) is 36.4 Å². The molecule has 3 N–H and O–H groups in total. The summed E-state index contributed by atoms with van der Waals surface area (Å²) in [4.78, 5) is 45.2. The van der Waals surface area contributed by atoms with Crippen molar-refractivity contribution in [3.05, 3.63) is 42.0 Å². The van der Waals surface area contributed by atoms with Crippen molar-refractivity contribution < 1.29 is 37.1 Å². The summed E-state index contributed by atoms with van der Waals surface area (Å²) in [5.74, 6) is -2.81. The summed E-state index contributed by atoms with van der Waals surface area (Å²) in [6, 6.07) is 6.13. The van der Waals surface area contributed by atoms with Gasteiger partial charge < -0.3 is 10.5 Å². The number of hydroxylamine groups is 1. The highest BCUT2D eigenvalue weighted by Crippen LogP contribution is 2.23. The smallest absolute Gasteiger partial charge is 0.350 e. The van der Waals surface area contributed by atoms with Gasteiger partial charge >= 0.3 is 6.18 Å². The lowest BCUT2D eigenvalue weighted by atomic mass is 10.1. The topological polar surface area (TPSA) is 114 Å². The van der Waals surface area contributed by atoms with Crippen molar-refractivity contribution in [2.45, 2.75) is 83.8 Å². The van der Waals surface area contributed by atoms with Crippen LogP contribution in [0.25, 0.3) is 6.08 Å². The van der Waals surface area contributed by atoms with E-state index >= 15 is 0 Å². The zero-order valence-electron chi connectivity index (χ0n) is 22.7. The number of carbonyl (C=O) groups is 3. The first-order valence-corrected chi connectivity index (χ1v) is 13.1. The predicted octanol–water partition coefficient (Wildman–Crippen LogP) is 3.95. The summed E-state index contributed by atoms with van der Waals surface area (Å²) in [5.41, 5.74) is 8.69. The molecule has 0 aliphatic carbocycles. The molecule has 0 bridgehead atoms. The van der Waals surface area contributed by atoms with Gasteiger partial charge in [0, 0.05) is 19.4 Å². The van der Waals surface area contributed by atoms with Crippen LogP contribution in [0.3, 0.4) is 0 Å². The number of hydrogen-bond acceptors (Lipinski definition) is 6. The number of ether oxygens (including phenoxy) is 1. The van der Waals surface area contributed by atoms with Gasteiger partial charge in [-0.05, 0) is 44.1 Å². The van der Waals surface area contributed by atoms with Crippen LogP contribution < -0.4 is 11.2 Å². The minimum absolute atomic E-state index is 0.0491. The molecule has 1 aliphatic rings. The van der Waals surface area contributed by atoms with Gasteiger partial charge in [0.15, 0.2) is 6.29 Å². The van der Waals surface area contributed by atoms with Crippen LogP contribution in [0.4, 0.5) is 13.2 Å². The SMILES string of the molecule is CC(C)CCC(=O)N([C@@H](CC=Cc1ccccc1)C(=O)NOC1CCCCO1)N(CC(F)(F)F)C(=O)[C@@H](C)N. The van der Waals surface area contributed by atoms with Crippen molar-refractivity contribution >= 4 is 23.8 Å². The number of benzene rings is 1. The van der Waals surface area contributed by atoms with Gasteiger partial charge in [0.05, 0.1) is 6.04 Å². The van der Waals surface area contributed by atoms with Crippen LogP contribution in [-0.4, -0.2) is 65.4 Å². The summed E-state index contributed by atoms with van der Waals surface area (Å²) in [7, 11) is 0. The number of nitrogens with one attached hydrogen (secondary N) is 1. The third kappa shape index (κ3) is 11.4. The molecule has 1 aromatic carbocycles. The van der Waals surface area contributed by atoms with Gasteiger partial charge in [-0.1, -0.05) is 56.3 Å². The Kier molecular flexibility index (Phi) is 12.9. The van der Waals surface area contributed by atoms with Crippen molar-refractivity contribution in [2.24, 2.45) is 11.7 Å². The summed E-state index contributed by atoms with van der Waals surface area (Å²) >= 11 is 0. The Balaban J connectivity index is 2.46. The molecule has 3 atom stereocenters. The molecule has 1 aromatic rings. The number of amides is 3. The maximum Gasteiger partial charge on any atom is 0.408 e. The zero-order valence-corrected chi connectivity index (χ0v) is 22.7. The fourth-order valence-electron chi connectivity index (χ4n) is 3.88. The van der Waals surface area contributed by atoms with Crippen LogP contribution in [0, 0.1) is 5.92 Å². The quantitative estimate of drug-likeness (QED) is 0.377. The van der Waals surface area contributed by atoms with Gasteiger partial charge in [-0.3, -0.25) is 14.4 Å². The monoisotopic (exact) mass is 556 g/mol. The Morgan fingerprint density at radius 1 is 1.18 bits per heavy atom. The lowest BCUT2D eigenvalue weighted by Crippen LogP contribution is -2.63. The molecule has 3 amide bonds. The maximum absolute atomic E-state index is 13.7. The second-order valence-corrected chi connectivity index (χ2v) is 9.92. The summed E-state index contributed by atoms with van der Waals surface area (Å²) < 4.78 is 46.4. The van der Waals surface area contributed by atoms with Crippen LogP contribution in [0.15, 0.2) is 36.4 Å². The van der Waals surface area contributed by atoms with Crippen molar-refractivity contribution in [2.75, 3.05) is 13.2 Å². The third-order valence-electron chi connectivity index (χ3n) is 5.92. The summed E-state index contributed by atoms with van der Waals surface area (Å²) in [6.07, 6.45) is -0.261. The summed E-state index contributed by atoms with van der Waals surface area (Å²) in [5, 5.41) is 0.836. The van der Waals surface area contributed by atoms with Gasteiger partial charge in [0.2, 0.25) is 5.91 Å². The molecule has 1 fully saturated rings. The normalized spacial score (nSPS) is 17.6. The molecule has 0 spiro atoms. The van der Waals surface area contributed by atoms with E-state index < -0.39 is 48.8 Å². The highest BCUT2D eigenvalue weighted by Gasteiger charge is 2.43.